The molecule has 15 heavy (non-hydrogen) atoms. The van der Waals surface area contributed by atoms with Crippen LogP contribution in [0, 0.1) is 11.3 Å². The van der Waals surface area contributed by atoms with Crippen LogP contribution in [0.3, 0.4) is 0 Å². The molecule has 0 radical (unpaired) electrons. The van der Waals surface area contributed by atoms with E-state index in [1.165, 1.54) is 31.3 Å². The molecule has 0 saturated heterocycles. The lowest BCUT2D eigenvalue weighted by Gasteiger charge is -2.32. The maximum absolute atomic E-state index is 2.42. The molecule has 0 heterocycles. The zero-order valence-corrected chi connectivity index (χ0v) is 11.9. The number of rotatable bonds is 6. The van der Waals surface area contributed by atoms with E-state index in [0.717, 1.165) is 5.92 Å². The van der Waals surface area contributed by atoms with Crippen LogP contribution >= 0.6 is 0 Å². The van der Waals surface area contributed by atoms with Gasteiger partial charge in [-0.05, 0) is 51.4 Å². The van der Waals surface area contributed by atoms with E-state index in [0.29, 0.717) is 5.41 Å². The monoisotopic (exact) mass is 210 g/mol. The van der Waals surface area contributed by atoms with Crippen molar-refractivity contribution in [1.82, 2.24) is 0 Å². The number of allylic oxidation sites excluding steroid dienone is 2. The molecule has 0 aliphatic rings. The van der Waals surface area contributed by atoms with Gasteiger partial charge in [0.1, 0.15) is 0 Å². The molecule has 0 heteroatoms. The maximum Gasteiger partial charge on any atom is -0.0318 e. The van der Waals surface area contributed by atoms with Gasteiger partial charge in [0.05, 0.1) is 0 Å². The molecule has 0 amide bonds. The summed E-state index contributed by atoms with van der Waals surface area (Å²) in [5, 5.41) is 0. The lowest BCUT2D eigenvalue weighted by atomic mass is 9.74. The van der Waals surface area contributed by atoms with Crippen LogP contribution in [0.2, 0.25) is 0 Å². The summed E-state index contributed by atoms with van der Waals surface area (Å²) in [5.41, 5.74) is 3.58. The molecule has 0 aromatic carbocycles. The van der Waals surface area contributed by atoms with Gasteiger partial charge in [-0.25, -0.2) is 0 Å². The maximum atomic E-state index is 2.42. The van der Waals surface area contributed by atoms with Crippen LogP contribution < -0.4 is 0 Å². The molecule has 1 unspecified atom stereocenters. The smallest absolute Gasteiger partial charge is 0.0318 e. The van der Waals surface area contributed by atoms with Gasteiger partial charge in [0.25, 0.3) is 0 Å². The molecule has 0 saturated carbocycles. The second kappa shape index (κ2) is 6.35. The average Bonchev–Trinajstić information content (AvgIpc) is 2.13. The highest BCUT2D eigenvalue weighted by molar-refractivity contribution is 5.06. The molecule has 1 atom stereocenters. The molecular weight excluding hydrogens is 180 g/mol. The van der Waals surface area contributed by atoms with Gasteiger partial charge < -0.3 is 0 Å². The summed E-state index contributed by atoms with van der Waals surface area (Å²) < 4.78 is 0. The third kappa shape index (κ3) is 5.39. The first-order valence-electron chi connectivity index (χ1n) is 6.44. The van der Waals surface area contributed by atoms with E-state index in [1.807, 2.05) is 0 Å². The van der Waals surface area contributed by atoms with Gasteiger partial charge in [0.2, 0.25) is 0 Å². The Morgan fingerprint density at radius 2 is 1.67 bits per heavy atom. The molecule has 0 N–H and O–H groups in total. The minimum Gasteiger partial charge on any atom is -0.0775 e. The van der Waals surface area contributed by atoms with Crippen molar-refractivity contribution in [3.05, 3.63) is 11.1 Å². The SMILES string of the molecule is CCCC(C)(C)C(C)CCC(C)=C(C)C. The predicted octanol–water partition coefficient (Wildman–Crippen LogP) is 5.59. The normalized spacial score (nSPS) is 13.8. The van der Waals surface area contributed by atoms with Crippen LogP contribution in [-0.4, -0.2) is 0 Å². The van der Waals surface area contributed by atoms with E-state index in [1.54, 1.807) is 5.57 Å². The highest BCUT2D eigenvalue weighted by Gasteiger charge is 2.24. The molecule has 0 nitrogen and oxygen atoms in total. The van der Waals surface area contributed by atoms with Crippen molar-refractivity contribution in [3.8, 4) is 0 Å². The summed E-state index contributed by atoms with van der Waals surface area (Å²) >= 11 is 0. The second-order valence-corrected chi connectivity index (χ2v) is 5.96. The zero-order chi connectivity index (χ0) is 12.1. The lowest BCUT2D eigenvalue weighted by molar-refractivity contribution is 0.198. The third-order valence-electron chi connectivity index (χ3n) is 4.03. The fourth-order valence-corrected chi connectivity index (χ4v) is 1.96. The summed E-state index contributed by atoms with van der Waals surface area (Å²) in [4.78, 5) is 0. The average molecular weight is 210 g/mol. The Labute approximate surface area is 97.2 Å². The summed E-state index contributed by atoms with van der Waals surface area (Å²) in [6.45, 7) is 16.2. The van der Waals surface area contributed by atoms with Crippen LogP contribution in [0.25, 0.3) is 0 Å². The Hall–Kier alpha value is -0.260. The Kier molecular flexibility index (Phi) is 6.24. The summed E-state index contributed by atoms with van der Waals surface area (Å²) in [7, 11) is 0. The Morgan fingerprint density at radius 1 is 1.13 bits per heavy atom. The van der Waals surface area contributed by atoms with Crippen LogP contribution in [0.1, 0.15) is 74.1 Å². The molecule has 0 bridgehead atoms. The molecule has 0 rings (SSSR count). The van der Waals surface area contributed by atoms with E-state index < -0.39 is 0 Å². The molecule has 0 aliphatic carbocycles. The van der Waals surface area contributed by atoms with Crippen molar-refractivity contribution in [2.75, 3.05) is 0 Å². The van der Waals surface area contributed by atoms with E-state index in [4.69, 9.17) is 0 Å². The van der Waals surface area contributed by atoms with Crippen LogP contribution in [0.4, 0.5) is 0 Å². The van der Waals surface area contributed by atoms with E-state index in [9.17, 15) is 0 Å². The first-order chi connectivity index (χ1) is 6.81. The lowest BCUT2D eigenvalue weighted by Crippen LogP contribution is -2.21. The molecule has 0 spiro atoms. The Balaban J connectivity index is 4.14. The highest BCUT2D eigenvalue weighted by Crippen LogP contribution is 2.35. The second-order valence-electron chi connectivity index (χ2n) is 5.96. The highest BCUT2D eigenvalue weighted by atomic mass is 14.3. The Morgan fingerprint density at radius 3 is 2.07 bits per heavy atom. The molecule has 90 valence electrons. The van der Waals surface area contributed by atoms with Gasteiger partial charge in [-0.1, -0.05) is 45.3 Å². The van der Waals surface area contributed by atoms with Crippen LogP contribution in [-0.2, 0) is 0 Å². The van der Waals surface area contributed by atoms with Crippen molar-refractivity contribution in [1.29, 1.82) is 0 Å². The summed E-state index contributed by atoms with van der Waals surface area (Å²) in [5.74, 6) is 0.826. The van der Waals surface area contributed by atoms with Gasteiger partial charge in [-0.15, -0.1) is 0 Å². The number of hydrogen-bond acceptors (Lipinski definition) is 0. The van der Waals surface area contributed by atoms with Crippen LogP contribution in [0.15, 0.2) is 11.1 Å². The fourth-order valence-electron chi connectivity index (χ4n) is 1.96. The quantitative estimate of drug-likeness (QED) is 0.502. The van der Waals surface area contributed by atoms with E-state index in [-0.39, 0.29) is 0 Å². The predicted molar refractivity (Wildman–Crippen MR) is 71.1 cm³/mol. The minimum absolute atomic E-state index is 0.511. The molecule has 0 fully saturated rings. The fraction of sp³-hybridized carbons (Fsp3) is 0.867. The van der Waals surface area contributed by atoms with Gasteiger partial charge in [-0.3, -0.25) is 0 Å². The van der Waals surface area contributed by atoms with E-state index >= 15 is 0 Å². The van der Waals surface area contributed by atoms with Crippen molar-refractivity contribution < 1.29 is 0 Å². The van der Waals surface area contributed by atoms with Crippen LogP contribution in [0.5, 0.6) is 0 Å². The van der Waals surface area contributed by atoms with Crippen molar-refractivity contribution in [3.63, 3.8) is 0 Å². The van der Waals surface area contributed by atoms with Crippen molar-refractivity contribution in [2.45, 2.75) is 74.1 Å². The van der Waals surface area contributed by atoms with Crippen molar-refractivity contribution in [2.24, 2.45) is 11.3 Å². The Bertz CT molecular complexity index is 204. The zero-order valence-electron chi connectivity index (χ0n) is 11.9. The molecular formula is C15H30. The standard InChI is InChI=1S/C15H30/c1-8-11-15(6,7)14(5)10-9-13(4)12(2)3/h14H,8-11H2,1-7H3. The summed E-state index contributed by atoms with van der Waals surface area (Å²) in [6, 6.07) is 0. The molecule has 0 aliphatic heterocycles. The topological polar surface area (TPSA) is 0 Å². The van der Waals surface area contributed by atoms with Gasteiger partial charge >= 0.3 is 0 Å². The largest absolute Gasteiger partial charge is 0.0775 e. The molecule has 0 aromatic rings. The van der Waals surface area contributed by atoms with Gasteiger partial charge in [-0.2, -0.15) is 0 Å². The van der Waals surface area contributed by atoms with E-state index in [2.05, 4.69) is 48.5 Å². The first-order valence-corrected chi connectivity index (χ1v) is 6.44. The minimum atomic E-state index is 0.511. The van der Waals surface area contributed by atoms with Crippen molar-refractivity contribution >= 4 is 0 Å². The number of hydrogen-bond donors (Lipinski definition) is 0. The molecule has 0 aromatic heterocycles. The first kappa shape index (κ1) is 14.7. The summed E-state index contributed by atoms with van der Waals surface area (Å²) in [6.07, 6.45) is 5.27. The van der Waals surface area contributed by atoms with Gasteiger partial charge in [0.15, 0.2) is 0 Å². The van der Waals surface area contributed by atoms with Gasteiger partial charge in [0, 0.05) is 0 Å². The third-order valence-corrected chi connectivity index (χ3v) is 4.03.